The highest BCUT2D eigenvalue weighted by Gasteiger charge is 2.23. The summed E-state index contributed by atoms with van der Waals surface area (Å²) in [6.07, 6.45) is 6.43. The molecule has 1 atom stereocenters. The van der Waals surface area contributed by atoms with Gasteiger partial charge in [0.15, 0.2) is 5.96 Å². The second kappa shape index (κ2) is 12.4. The summed E-state index contributed by atoms with van der Waals surface area (Å²) in [7, 11) is 1.86. The molecule has 0 amide bonds. The third-order valence-corrected chi connectivity index (χ3v) is 4.81. The molecular weight excluding hydrogens is 443 g/mol. The Labute approximate surface area is 176 Å². The van der Waals surface area contributed by atoms with E-state index in [0.717, 1.165) is 64.6 Å². The molecule has 1 unspecified atom stereocenters. The second-order valence-corrected chi connectivity index (χ2v) is 8.16. The van der Waals surface area contributed by atoms with Gasteiger partial charge in [-0.3, -0.25) is 4.99 Å². The zero-order valence-corrected chi connectivity index (χ0v) is 19.4. The smallest absolute Gasteiger partial charge is 0.193 e. The molecule has 0 bridgehead atoms. The molecule has 2 saturated heterocycles. The molecule has 154 valence electrons. The molecule has 2 aliphatic heterocycles. The first kappa shape index (κ1) is 23.9. The predicted octanol–water partition coefficient (Wildman–Crippen LogP) is 2.62. The van der Waals surface area contributed by atoms with Gasteiger partial charge in [-0.15, -0.1) is 24.0 Å². The van der Waals surface area contributed by atoms with E-state index in [2.05, 4.69) is 41.3 Å². The van der Waals surface area contributed by atoms with Crippen LogP contribution in [0.4, 0.5) is 0 Å². The van der Waals surface area contributed by atoms with Gasteiger partial charge in [0.25, 0.3) is 0 Å². The molecule has 0 aromatic rings. The lowest BCUT2D eigenvalue weighted by Crippen LogP contribution is -2.49. The van der Waals surface area contributed by atoms with Gasteiger partial charge in [0, 0.05) is 45.4 Å². The fourth-order valence-corrected chi connectivity index (χ4v) is 3.36. The van der Waals surface area contributed by atoms with Crippen molar-refractivity contribution in [2.45, 2.75) is 70.6 Å². The van der Waals surface area contributed by atoms with Gasteiger partial charge in [-0.1, -0.05) is 0 Å². The Bertz CT molecular complexity index is 401. The van der Waals surface area contributed by atoms with Crippen molar-refractivity contribution in [2.75, 3.05) is 46.4 Å². The van der Waals surface area contributed by atoms with Gasteiger partial charge in [-0.25, -0.2) is 0 Å². The zero-order valence-electron chi connectivity index (χ0n) is 17.1. The van der Waals surface area contributed by atoms with Gasteiger partial charge >= 0.3 is 0 Å². The Kier molecular flexibility index (Phi) is 11.4. The van der Waals surface area contributed by atoms with Crippen LogP contribution in [0.2, 0.25) is 0 Å². The molecule has 2 N–H and O–H groups in total. The Morgan fingerprint density at radius 3 is 2.46 bits per heavy atom. The van der Waals surface area contributed by atoms with Crippen LogP contribution in [0.25, 0.3) is 0 Å². The summed E-state index contributed by atoms with van der Waals surface area (Å²) in [6, 6.07) is 0. The minimum Gasteiger partial charge on any atom is -0.376 e. The van der Waals surface area contributed by atoms with E-state index in [1.807, 2.05) is 7.05 Å². The van der Waals surface area contributed by atoms with Gasteiger partial charge in [0.2, 0.25) is 0 Å². The molecular formula is C19H39IN4O2. The van der Waals surface area contributed by atoms with Crippen LogP contribution < -0.4 is 10.6 Å². The average molecular weight is 482 g/mol. The van der Waals surface area contributed by atoms with Crippen LogP contribution in [0.3, 0.4) is 0 Å². The summed E-state index contributed by atoms with van der Waals surface area (Å²) in [5.41, 5.74) is 0.156. The number of likely N-dealkylation sites (tertiary alicyclic amines) is 1. The molecule has 2 aliphatic rings. The quantitative estimate of drug-likeness (QED) is 0.264. The number of hydrogen-bond acceptors (Lipinski definition) is 4. The highest BCUT2D eigenvalue weighted by Crippen LogP contribution is 2.17. The number of ether oxygens (including phenoxy) is 2. The molecule has 2 fully saturated rings. The van der Waals surface area contributed by atoms with E-state index >= 15 is 0 Å². The molecule has 2 heterocycles. The van der Waals surface area contributed by atoms with Gasteiger partial charge < -0.3 is 25.0 Å². The van der Waals surface area contributed by atoms with Crippen LogP contribution in [0.5, 0.6) is 0 Å². The van der Waals surface area contributed by atoms with Gasteiger partial charge in [-0.05, 0) is 52.9 Å². The Hall–Kier alpha value is -0.120. The Morgan fingerprint density at radius 1 is 1.15 bits per heavy atom. The fourth-order valence-electron chi connectivity index (χ4n) is 3.36. The standard InChI is InChI=1S/C19H38N4O2.HI/c1-19(2,3)22-11-10-21-18(20-4)23-12-8-16(9-13-23)25-15-17-7-5-6-14-24-17;/h16-17,22H,5-15H2,1-4H3,(H,20,21);1H. The molecule has 0 radical (unpaired) electrons. The van der Waals surface area contributed by atoms with Crippen LogP contribution >= 0.6 is 24.0 Å². The molecule has 0 aliphatic carbocycles. The topological polar surface area (TPSA) is 58.1 Å². The van der Waals surface area contributed by atoms with Crippen LogP contribution in [-0.2, 0) is 9.47 Å². The monoisotopic (exact) mass is 482 g/mol. The lowest BCUT2D eigenvalue weighted by Gasteiger charge is -2.35. The van der Waals surface area contributed by atoms with E-state index in [1.54, 1.807) is 0 Å². The third-order valence-electron chi connectivity index (χ3n) is 4.81. The highest BCUT2D eigenvalue weighted by atomic mass is 127. The zero-order chi connectivity index (χ0) is 18.1. The molecule has 7 heteroatoms. The maximum atomic E-state index is 6.10. The average Bonchev–Trinajstić information content (AvgIpc) is 2.61. The first-order chi connectivity index (χ1) is 12.0. The van der Waals surface area contributed by atoms with Crippen molar-refractivity contribution < 1.29 is 9.47 Å². The third kappa shape index (κ3) is 9.19. The van der Waals surface area contributed by atoms with Crippen LogP contribution in [0.15, 0.2) is 4.99 Å². The maximum Gasteiger partial charge on any atom is 0.193 e. The van der Waals surface area contributed by atoms with E-state index < -0.39 is 0 Å². The lowest BCUT2D eigenvalue weighted by molar-refractivity contribution is -0.0721. The maximum absolute atomic E-state index is 6.10. The van der Waals surface area contributed by atoms with Crippen molar-refractivity contribution in [2.24, 2.45) is 4.99 Å². The fraction of sp³-hybridized carbons (Fsp3) is 0.947. The number of halogens is 1. The van der Waals surface area contributed by atoms with E-state index in [-0.39, 0.29) is 29.5 Å². The molecule has 26 heavy (non-hydrogen) atoms. The van der Waals surface area contributed by atoms with Crippen molar-refractivity contribution in [3.05, 3.63) is 0 Å². The molecule has 0 aromatic carbocycles. The summed E-state index contributed by atoms with van der Waals surface area (Å²) >= 11 is 0. The first-order valence-electron chi connectivity index (χ1n) is 9.92. The predicted molar refractivity (Wildman–Crippen MR) is 119 cm³/mol. The SMILES string of the molecule is CN=C(NCCNC(C)(C)C)N1CCC(OCC2CCCCO2)CC1.I. The summed E-state index contributed by atoms with van der Waals surface area (Å²) < 4.78 is 11.9. The van der Waals surface area contributed by atoms with E-state index in [1.165, 1.54) is 12.8 Å². The second-order valence-electron chi connectivity index (χ2n) is 8.16. The number of rotatable bonds is 6. The number of hydrogen-bond donors (Lipinski definition) is 2. The minimum atomic E-state index is 0. The largest absolute Gasteiger partial charge is 0.376 e. The van der Waals surface area contributed by atoms with Crippen LogP contribution in [0.1, 0.15) is 52.9 Å². The van der Waals surface area contributed by atoms with Crippen molar-refractivity contribution in [3.8, 4) is 0 Å². The molecule has 0 spiro atoms. The molecule has 6 nitrogen and oxygen atoms in total. The van der Waals surface area contributed by atoms with E-state index in [9.17, 15) is 0 Å². The number of guanidine groups is 1. The van der Waals surface area contributed by atoms with Crippen LogP contribution in [-0.4, -0.2) is 75.0 Å². The van der Waals surface area contributed by atoms with Gasteiger partial charge in [0.05, 0.1) is 18.8 Å². The number of piperidine rings is 1. The van der Waals surface area contributed by atoms with Crippen molar-refractivity contribution in [3.63, 3.8) is 0 Å². The van der Waals surface area contributed by atoms with Gasteiger partial charge in [-0.2, -0.15) is 0 Å². The molecule has 0 aromatic heterocycles. The Morgan fingerprint density at radius 2 is 1.88 bits per heavy atom. The van der Waals surface area contributed by atoms with Crippen molar-refractivity contribution in [1.29, 1.82) is 0 Å². The van der Waals surface area contributed by atoms with Crippen molar-refractivity contribution in [1.82, 2.24) is 15.5 Å². The summed E-state index contributed by atoms with van der Waals surface area (Å²) in [4.78, 5) is 6.77. The van der Waals surface area contributed by atoms with E-state index in [4.69, 9.17) is 9.47 Å². The van der Waals surface area contributed by atoms with Gasteiger partial charge in [0.1, 0.15) is 0 Å². The minimum absolute atomic E-state index is 0. The van der Waals surface area contributed by atoms with Crippen LogP contribution in [0, 0.1) is 0 Å². The van der Waals surface area contributed by atoms with Crippen molar-refractivity contribution >= 4 is 29.9 Å². The Balaban J connectivity index is 0.00000338. The summed E-state index contributed by atoms with van der Waals surface area (Å²) in [5.74, 6) is 1.00. The van der Waals surface area contributed by atoms with E-state index in [0.29, 0.717) is 12.2 Å². The number of nitrogens with zero attached hydrogens (tertiary/aromatic N) is 2. The molecule has 0 saturated carbocycles. The lowest BCUT2D eigenvalue weighted by atomic mass is 10.1. The number of aliphatic imine (C=N–C) groups is 1. The first-order valence-corrected chi connectivity index (χ1v) is 9.92. The normalized spacial score (nSPS) is 22.8. The number of nitrogens with one attached hydrogen (secondary N) is 2. The summed E-state index contributed by atoms with van der Waals surface area (Å²) in [6.45, 7) is 12.0. The highest BCUT2D eigenvalue weighted by molar-refractivity contribution is 14.0. The summed E-state index contributed by atoms with van der Waals surface area (Å²) in [5, 5.41) is 6.95. The molecule has 2 rings (SSSR count).